The minimum atomic E-state index is -0.543. The number of carbonyl (C=O) groups is 2. The number of benzene rings is 3. The van der Waals surface area contributed by atoms with Gasteiger partial charge in [0.2, 0.25) is 0 Å². The number of nitrogens with one attached hydrogen (secondary N) is 1. The Morgan fingerprint density at radius 1 is 0.875 bits per heavy atom. The van der Waals surface area contributed by atoms with Gasteiger partial charge in [0.1, 0.15) is 16.4 Å². The summed E-state index contributed by atoms with van der Waals surface area (Å²) in [6.07, 6.45) is 0. The summed E-state index contributed by atoms with van der Waals surface area (Å²) in [6.45, 7) is 0. The van der Waals surface area contributed by atoms with Crippen molar-refractivity contribution in [2.24, 2.45) is 0 Å². The van der Waals surface area contributed by atoms with Crippen LogP contribution in [0.25, 0.3) is 0 Å². The lowest BCUT2D eigenvalue weighted by molar-refractivity contribution is -0.120. The Morgan fingerprint density at radius 3 is 2.31 bits per heavy atom. The van der Waals surface area contributed by atoms with Crippen LogP contribution in [-0.4, -0.2) is 18.9 Å². The van der Waals surface area contributed by atoms with Crippen LogP contribution in [0.1, 0.15) is 0 Å². The van der Waals surface area contributed by atoms with Gasteiger partial charge in [-0.3, -0.25) is 9.59 Å². The van der Waals surface area contributed by atoms with Gasteiger partial charge in [0.15, 0.2) is 0 Å². The summed E-state index contributed by atoms with van der Waals surface area (Å²) >= 11 is 19.5. The molecule has 0 saturated carbocycles. The Bertz CT molecular complexity index is 1250. The molecular weight excluding hydrogens is 491 g/mol. The second-order valence-corrected chi connectivity index (χ2v) is 9.02. The van der Waals surface area contributed by atoms with Crippen LogP contribution in [0, 0.1) is 0 Å². The molecule has 0 unspecified atom stereocenters. The van der Waals surface area contributed by atoms with E-state index in [0.29, 0.717) is 21.5 Å². The molecule has 9 heteroatoms. The van der Waals surface area contributed by atoms with E-state index in [0.717, 1.165) is 21.6 Å². The van der Waals surface area contributed by atoms with Crippen LogP contribution in [0.4, 0.5) is 11.4 Å². The molecule has 0 spiro atoms. The molecule has 0 aromatic heterocycles. The number of nitrogens with zero attached hydrogens (tertiary/aromatic N) is 1. The van der Waals surface area contributed by atoms with Crippen molar-refractivity contribution in [3.05, 3.63) is 92.4 Å². The fraction of sp³-hybridized carbons (Fsp3) is 0.0435. The van der Waals surface area contributed by atoms with E-state index in [1.54, 1.807) is 67.8 Å². The predicted octanol–water partition coefficient (Wildman–Crippen LogP) is 6.64. The molecule has 0 fully saturated rings. The van der Waals surface area contributed by atoms with E-state index >= 15 is 0 Å². The smallest absolute Gasteiger partial charge is 0.283 e. The molecule has 3 aromatic carbocycles. The summed E-state index contributed by atoms with van der Waals surface area (Å²) < 4.78 is 5.25. The second kappa shape index (κ2) is 9.46. The first-order chi connectivity index (χ1) is 15.4. The maximum atomic E-state index is 13.4. The summed E-state index contributed by atoms with van der Waals surface area (Å²) in [4.78, 5) is 28.8. The van der Waals surface area contributed by atoms with Crippen molar-refractivity contribution in [3.8, 4) is 5.75 Å². The Balaban J connectivity index is 1.77. The van der Waals surface area contributed by atoms with Gasteiger partial charge in [0, 0.05) is 26.7 Å². The minimum Gasteiger partial charge on any atom is -0.497 e. The third-order valence-electron chi connectivity index (χ3n) is 4.56. The summed E-state index contributed by atoms with van der Waals surface area (Å²) in [5.41, 5.74) is 0.929. The van der Waals surface area contributed by atoms with Crippen molar-refractivity contribution in [2.45, 2.75) is 4.90 Å². The van der Waals surface area contributed by atoms with Crippen molar-refractivity contribution in [3.63, 3.8) is 0 Å². The highest BCUT2D eigenvalue weighted by atomic mass is 35.5. The number of halogens is 3. The van der Waals surface area contributed by atoms with E-state index in [2.05, 4.69) is 5.32 Å². The van der Waals surface area contributed by atoms with Crippen molar-refractivity contribution < 1.29 is 14.3 Å². The van der Waals surface area contributed by atoms with Gasteiger partial charge in [0.05, 0.1) is 17.8 Å². The van der Waals surface area contributed by atoms with Crippen LogP contribution in [0.3, 0.4) is 0 Å². The van der Waals surface area contributed by atoms with Crippen molar-refractivity contribution in [1.82, 2.24) is 0 Å². The van der Waals surface area contributed by atoms with Crippen LogP contribution in [0.5, 0.6) is 5.75 Å². The molecule has 1 N–H and O–H groups in total. The predicted molar refractivity (Wildman–Crippen MR) is 130 cm³/mol. The van der Waals surface area contributed by atoms with Gasteiger partial charge in [-0.25, -0.2) is 4.90 Å². The van der Waals surface area contributed by atoms with Gasteiger partial charge < -0.3 is 10.1 Å². The number of imide groups is 1. The lowest BCUT2D eigenvalue weighted by Crippen LogP contribution is -2.32. The van der Waals surface area contributed by atoms with Crippen LogP contribution in [0.15, 0.2) is 82.2 Å². The fourth-order valence-corrected chi connectivity index (χ4v) is 4.48. The maximum Gasteiger partial charge on any atom is 0.283 e. The van der Waals surface area contributed by atoms with E-state index in [1.807, 2.05) is 0 Å². The van der Waals surface area contributed by atoms with E-state index in [1.165, 1.54) is 6.07 Å². The van der Waals surface area contributed by atoms with Crippen molar-refractivity contribution >= 4 is 69.8 Å². The molecular formula is C23H15Cl3N2O3S. The second-order valence-electron chi connectivity index (χ2n) is 6.66. The van der Waals surface area contributed by atoms with Gasteiger partial charge in [-0.05, 0) is 54.6 Å². The van der Waals surface area contributed by atoms with E-state index in [-0.39, 0.29) is 21.3 Å². The highest BCUT2D eigenvalue weighted by Gasteiger charge is 2.41. The first-order valence-electron chi connectivity index (χ1n) is 9.30. The van der Waals surface area contributed by atoms with E-state index in [4.69, 9.17) is 39.5 Å². The number of amides is 2. The molecule has 0 aliphatic carbocycles. The highest BCUT2D eigenvalue weighted by molar-refractivity contribution is 8.04. The van der Waals surface area contributed by atoms with Crippen LogP contribution < -0.4 is 15.0 Å². The summed E-state index contributed by atoms with van der Waals surface area (Å²) in [5, 5.41) is 4.23. The van der Waals surface area contributed by atoms with Gasteiger partial charge in [-0.2, -0.15) is 0 Å². The van der Waals surface area contributed by atoms with Crippen molar-refractivity contribution in [2.75, 3.05) is 17.3 Å². The molecule has 1 aliphatic rings. The summed E-state index contributed by atoms with van der Waals surface area (Å²) in [5.74, 6) is -0.447. The lowest BCUT2D eigenvalue weighted by atomic mass is 10.2. The van der Waals surface area contributed by atoms with Gasteiger partial charge in [0.25, 0.3) is 11.8 Å². The number of hydrogen-bond acceptors (Lipinski definition) is 5. The standard InChI is InChI=1S/C23H15Cl3N2O3S/c1-31-16-4-2-3-15(12-16)27-20-21(32-17-8-5-13(24)6-9-17)23(30)28(22(20)29)19-11-14(25)7-10-18(19)26/h2-12,27H,1H3. The molecule has 2 amide bonds. The average Bonchev–Trinajstić information content (AvgIpc) is 3.01. The first kappa shape index (κ1) is 22.6. The number of methoxy groups -OCH3 is 1. The Labute approximate surface area is 203 Å². The highest BCUT2D eigenvalue weighted by Crippen LogP contribution is 2.40. The lowest BCUT2D eigenvalue weighted by Gasteiger charge is -2.17. The summed E-state index contributed by atoms with van der Waals surface area (Å²) in [6, 6.07) is 18.6. The molecule has 0 radical (unpaired) electrons. The average molecular weight is 506 g/mol. The third-order valence-corrected chi connectivity index (χ3v) is 6.46. The molecule has 1 heterocycles. The molecule has 1 aliphatic heterocycles. The number of carbonyl (C=O) groups excluding carboxylic acids is 2. The quantitative estimate of drug-likeness (QED) is 0.380. The zero-order valence-corrected chi connectivity index (χ0v) is 19.6. The van der Waals surface area contributed by atoms with Crippen LogP contribution in [0.2, 0.25) is 15.1 Å². The first-order valence-corrected chi connectivity index (χ1v) is 11.2. The fourth-order valence-electron chi connectivity index (χ4n) is 3.06. The zero-order chi connectivity index (χ0) is 22.8. The number of rotatable bonds is 6. The Kier molecular flexibility index (Phi) is 6.67. The SMILES string of the molecule is COc1cccc(NC2=C(Sc3ccc(Cl)cc3)C(=O)N(c3cc(Cl)ccc3Cl)C2=O)c1. The molecule has 4 rings (SSSR count). The number of hydrogen-bond donors (Lipinski definition) is 1. The van der Waals surface area contributed by atoms with Crippen LogP contribution in [-0.2, 0) is 9.59 Å². The largest absolute Gasteiger partial charge is 0.497 e. The molecule has 5 nitrogen and oxygen atoms in total. The molecule has 0 bridgehead atoms. The van der Waals surface area contributed by atoms with Gasteiger partial charge in [-0.1, -0.05) is 52.6 Å². The number of thioether (sulfide) groups is 1. The van der Waals surface area contributed by atoms with Gasteiger partial charge >= 0.3 is 0 Å². The monoisotopic (exact) mass is 504 g/mol. The minimum absolute atomic E-state index is 0.124. The molecule has 0 atom stereocenters. The van der Waals surface area contributed by atoms with E-state index in [9.17, 15) is 9.59 Å². The number of ether oxygens (including phenoxy) is 1. The molecule has 3 aromatic rings. The third kappa shape index (κ3) is 4.59. The zero-order valence-electron chi connectivity index (χ0n) is 16.6. The van der Waals surface area contributed by atoms with E-state index < -0.39 is 11.8 Å². The summed E-state index contributed by atoms with van der Waals surface area (Å²) in [7, 11) is 1.55. The number of anilines is 2. The molecule has 162 valence electrons. The maximum absolute atomic E-state index is 13.4. The normalized spacial score (nSPS) is 13.7. The Hall–Kier alpha value is -2.64. The topological polar surface area (TPSA) is 58.6 Å². The van der Waals surface area contributed by atoms with Crippen LogP contribution >= 0.6 is 46.6 Å². The molecule has 32 heavy (non-hydrogen) atoms. The molecule has 0 saturated heterocycles. The van der Waals surface area contributed by atoms with Gasteiger partial charge in [-0.15, -0.1) is 0 Å². The Morgan fingerprint density at radius 2 is 1.59 bits per heavy atom. The van der Waals surface area contributed by atoms with Crippen molar-refractivity contribution in [1.29, 1.82) is 0 Å².